The van der Waals surface area contributed by atoms with Crippen molar-refractivity contribution in [1.29, 1.82) is 0 Å². The highest BCUT2D eigenvalue weighted by Gasteiger charge is 2.54. The molecule has 2 amide bonds. The van der Waals surface area contributed by atoms with Crippen LogP contribution in [-0.4, -0.2) is 34.5 Å². The summed E-state index contributed by atoms with van der Waals surface area (Å²) < 4.78 is 5.44. The standard InChI is InChI=1S/C11H15NO3/c1-6-5-8(13)12(10(6)14)7(2)9-11(3,4)15-9/h5,7,9H,1-4H3. The van der Waals surface area contributed by atoms with Crippen LogP contribution in [0.25, 0.3) is 0 Å². The Labute approximate surface area is 88.9 Å². The summed E-state index contributed by atoms with van der Waals surface area (Å²) in [7, 11) is 0. The summed E-state index contributed by atoms with van der Waals surface area (Å²) >= 11 is 0. The summed E-state index contributed by atoms with van der Waals surface area (Å²) in [5.74, 6) is -0.421. The van der Waals surface area contributed by atoms with Gasteiger partial charge in [-0.1, -0.05) is 0 Å². The van der Waals surface area contributed by atoms with Crippen LogP contribution in [0.4, 0.5) is 0 Å². The lowest BCUT2D eigenvalue weighted by atomic mass is 10.0. The van der Waals surface area contributed by atoms with Gasteiger partial charge in [0.15, 0.2) is 0 Å². The molecule has 2 heterocycles. The minimum atomic E-state index is -0.226. The lowest BCUT2D eigenvalue weighted by molar-refractivity contribution is -0.139. The molecule has 2 unspecified atom stereocenters. The van der Waals surface area contributed by atoms with Crippen molar-refractivity contribution in [2.45, 2.75) is 45.4 Å². The SMILES string of the molecule is CC1=CC(=O)N(C(C)C2OC2(C)C)C1=O. The fraction of sp³-hybridized carbons (Fsp3) is 0.636. The van der Waals surface area contributed by atoms with Gasteiger partial charge in [-0.05, 0) is 27.7 Å². The van der Waals surface area contributed by atoms with Crippen LogP contribution in [0.5, 0.6) is 0 Å². The molecule has 2 rings (SSSR count). The maximum absolute atomic E-state index is 11.7. The van der Waals surface area contributed by atoms with Crippen molar-refractivity contribution in [3.8, 4) is 0 Å². The third-order valence-electron chi connectivity index (χ3n) is 3.04. The molecule has 15 heavy (non-hydrogen) atoms. The van der Waals surface area contributed by atoms with Crippen molar-refractivity contribution in [3.05, 3.63) is 11.6 Å². The zero-order valence-electron chi connectivity index (χ0n) is 9.40. The molecule has 2 aliphatic rings. The van der Waals surface area contributed by atoms with Crippen molar-refractivity contribution in [3.63, 3.8) is 0 Å². The number of nitrogens with zero attached hydrogens (tertiary/aromatic N) is 1. The van der Waals surface area contributed by atoms with Crippen molar-refractivity contribution in [2.24, 2.45) is 0 Å². The van der Waals surface area contributed by atoms with Crippen LogP contribution < -0.4 is 0 Å². The lowest BCUT2D eigenvalue weighted by Crippen LogP contribution is -2.43. The van der Waals surface area contributed by atoms with E-state index in [1.165, 1.54) is 11.0 Å². The predicted octanol–water partition coefficient (Wildman–Crippen LogP) is 0.867. The van der Waals surface area contributed by atoms with Crippen molar-refractivity contribution in [2.75, 3.05) is 0 Å². The van der Waals surface area contributed by atoms with Crippen LogP contribution in [0.2, 0.25) is 0 Å². The molecule has 0 saturated carbocycles. The molecule has 4 nitrogen and oxygen atoms in total. The molecule has 0 radical (unpaired) electrons. The van der Waals surface area contributed by atoms with Gasteiger partial charge in [-0.25, -0.2) is 0 Å². The Kier molecular flexibility index (Phi) is 2.01. The number of carbonyl (C=O) groups is 2. The first-order chi connectivity index (χ1) is 6.84. The highest BCUT2D eigenvalue weighted by atomic mass is 16.6. The predicted molar refractivity (Wildman–Crippen MR) is 54.0 cm³/mol. The van der Waals surface area contributed by atoms with Crippen LogP contribution in [0, 0.1) is 0 Å². The number of rotatable bonds is 2. The molecule has 0 N–H and O–H groups in total. The molecule has 2 aliphatic heterocycles. The minimum absolute atomic E-state index is 0.0373. The Balaban J connectivity index is 2.14. The number of hydrogen-bond acceptors (Lipinski definition) is 3. The van der Waals surface area contributed by atoms with E-state index in [4.69, 9.17) is 4.74 Å². The van der Waals surface area contributed by atoms with E-state index >= 15 is 0 Å². The first-order valence-electron chi connectivity index (χ1n) is 5.08. The molecule has 1 fully saturated rings. The quantitative estimate of drug-likeness (QED) is 0.501. The second kappa shape index (κ2) is 2.92. The molecule has 2 atom stereocenters. The van der Waals surface area contributed by atoms with Crippen LogP contribution in [-0.2, 0) is 14.3 Å². The van der Waals surface area contributed by atoms with E-state index in [1.54, 1.807) is 6.92 Å². The molecule has 1 saturated heterocycles. The monoisotopic (exact) mass is 209 g/mol. The third kappa shape index (κ3) is 1.49. The van der Waals surface area contributed by atoms with E-state index in [0.717, 1.165) is 0 Å². The average molecular weight is 209 g/mol. The molecular formula is C11H15NO3. The summed E-state index contributed by atoms with van der Waals surface area (Å²) in [6.45, 7) is 7.42. The molecule has 0 spiro atoms. The summed E-state index contributed by atoms with van der Waals surface area (Å²) in [6, 6.07) is -0.186. The number of carbonyl (C=O) groups excluding carboxylic acids is 2. The van der Waals surface area contributed by atoms with Crippen LogP contribution in [0.1, 0.15) is 27.7 Å². The number of ether oxygens (including phenoxy) is 1. The van der Waals surface area contributed by atoms with Crippen molar-refractivity contribution >= 4 is 11.8 Å². The molecule has 0 aliphatic carbocycles. The van der Waals surface area contributed by atoms with Gasteiger partial charge in [0.05, 0.1) is 11.6 Å². The maximum atomic E-state index is 11.7. The topological polar surface area (TPSA) is 49.9 Å². The van der Waals surface area contributed by atoms with E-state index in [1.807, 2.05) is 20.8 Å². The lowest BCUT2D eigenvalue weighted by Gasteiger charge is -2.21. The first kappa shape index (κ1) is 10.4. The Morgan fingerprint density at radius 3 is 2.33 bits per heavy atom. The summed E-state index contributed by atoms with van der Waals surface area (Å²) in [6.07, 6.45) is 1.35. The van der Waals surface area contributed by atoms with Crippen LogP contribution >= 0.6 is 0 Å². The Hall–Kier alpha value is -1.16. The van der Waals surface area contributed by atoms with E-state index in [-0.39, 0.29) is 29.6 Å². The van der Waals surface area contributed by atoms with E-state index < -0.39 is 0 Å². The average Bonchev–Trinajstić information content (AvgIpc) is 2.66. The Morgan fingerprint density at radius 2 is 2.00 bits per heavy atom. The fourth-order valence-electron chi connectivity index (χ4n) is 2.10. The summed E-state index contributed by atoms with van der Waals surface area (Å²) in [5.41, 5.74) is 0.293. The van der Waals surface area contributed by atoms with Gasteiger partial charge in [-0.2, -0.15) is 0 Å². The molecule has 4 heteroatoms. The van der Waals surface area contributed by atoms with Crippen molar-refractivity contribution in [1.82, 2.24) is 4.90 Å². The molecule has 82 valence electrons. The molecule has 0 aromatic rings. The molecule has 0 aromatic carbocycles. The number of hydrogen-bond donors (Lipinski definition) is 0. The van der Waals surface area contributed by atoms with E-state index in [9.17, 15) is 9.59 Å². The Morgan fingerprint density at radius 1 is 1.47 bits per heavy atom. The second-order valence-electron chi connectivity index (χ2n) is 4.72. The minimum Gasteiger partial charge on any atom is -0.364 e. The van der Waals surface area contributed by atoms with Gasteiger partial charge in [0.2, 0.25) is 0 Å². The maximum Gasteiger partial charge on any atom is 0.256 e. The van der Waals surface area contributed by atoms with Gasteiger partial charge >= 0.3 is 0 Å². The zero-order chi connectivity index (χ0) is 11.4. The van der Waals surface area contributed by atoms with Gasteiger partial charge < -0.3 is 4.74 Å². The summed E-state index contributed by atoms with van der Waals surface area (Å²) in [4.78, 5) is 24.5. The van der Waals surface area contributed by atoms with Crippen molar-refractivity contribution < 1.29 is 14.3 Å². The molecule has 0 aromatic heterocycles. The van der Waals surface area contributed by atoms with Gasteiger partial charge in [0, 0.05) is 11.6 Å². The first-order valence-corrected chi connectivity index (χ1v) is 5.08. The highest BCUT2D eigenvalue weighted by Crippen LogP contribution is 2.40. The normalized spacial score (nSPS) is 30.5. The van der Waals surface area contributed by atoms with Gasteiger partial charge in [0.1, 0.15) is 6.10 Å². The zero-order valence-corrected chi connectivity index (χ0v) is 9.40. The second-order valence-corrected chi connectivity index (χ2v) is 4.72. The van der Waals surface area contributed by atoms with E-state index in [0.29, 0.717) is 5.57 Å². The largest absolute Gasteiger partial charge is 0.364 e. The van der Waals surface area contributed by atoms with E-state index in [2.05, 4.69) is 0 Å². The Bertz CT molecular complexity index is 370. The van der Waals surface area contributed by atoms with Gasteiger partial charge in [0.25, 0.3) is 11.8 Å². The molecular weight excluding hydrogens is 194 g/mol. The molecule has 0 bridgehead atoms. The number of amides is 2. The van der Waals surface area contributed by atoms with Crippen LogP contribution in [0.3, 0.4) is 0 Å². The van der Waals surface area contributed by atoms with Crippen LogP contribution in [0.15, 0.2) is 11.6 Å². The smallest absolute Gasteiger partial charge is 0.256 e. The summed E-state index contributed by atoms with van der Waals surface area (Å²) in [5, 5.41) is 0. The van der Waals surface area contributed by atoms with Gasteiger partial charge in [-0.15, -0.1) is 0 Å². The highest BCUT2D eigenvalue weighted by molar-refractivity contribution is 6.16. The number of imide groups is 1. The fourth-order valence-corrected chi connectivity index (χ4v) is 2.10. The number of epoxide rings is 1. The van der Waals surface area contributed by atoms with Gasteiger partial charge in [-0.3, -0.25) is 14.5 Å². The third-order valence-corrected chi connectivity index (χ3v) is 3.04.